The number of nitrogens with two attached hydrogens (primary N) is 1. The maximum atomic E-state index is 11.1. The van der Waals surface area contributed by atoms with Crippen molar-refractivity contribution in [1.82, 2.24) is 9.78 Å². The standard InChI is InChI=1S/C8H10N4O/c9-4-1-5-12-8(13)3-2-7(6-10)11-12/h2-3H,1,5-6,10H2. The van der Waals surface area contributed by atoms with E-state index in [9.17, 15) is 4.79 Å². The summed E-state index contributed by atoms with van der Waals surface area (Å²) in [6.07, 6.45) is 0.279. The van der Waals surface area contributed by atoms with E-state index in [0.717, 1.165) is 0 Å². The second-order valence-corrected chi connectivity index (χ2v) is 2.50. The fourth-order valence-electron chi connectivity index (χ4n) is 0.916. The van der Waals surface area contributed by atoms with E-state index in [1.165, 1.54) is 10.7 Å². The Morgan fingerprint density at radius 3 is 3.00 bits per heavy atom. The van der Waals surface area contributed by atoms with E-state index < -0.39 is 0 Å². The molecule has 1 heterocycles. The zero-order valence-electron chi connectivity index (χ0n) is 7.10. The summed E-state index contributed by atoms with van der Waals surface area (Å²) < 4.78 is 1.26. The number of aromatic nitrogens is 2. The van der Waals surface area contributed by atoms with Crippen molar-refractivity contribution in [3.05, 3.63) is 28.2 Å². The molecule has 0 radical (unpaired) electrons. The number of hydrogen-bond donors (Lipinski definition) is 1. The fraction of sp³-hybridized carbons (Fsp3) is 0.375. The van der Waals surface area contributed by atoms with Crippen molar-refractivity contribution >= 4 is 0 Å². The zero-order valence-corrected chi connectivity index (χ0v) is 7.10. The Kier molecular flexibility index (Phi) is 3.17. The van der Waals surface area contributed by atoms with Crippen molar-refractivity contribution in [3.63, 3.8) is 0 Å². The topological polar surface area (TPSA) is 84.7 Å². The molecule has 0 atom stereocenters. The SMILES string of the molecule is N#CCCn1nc(CN)ccc1=O. The van der Waals surface area contributed by atoms with Crippen molar-refractivity contribution in [2.75, 3.05) is 0 Å². The number of nitriles is 1. The highest BCUT2D eigenvalue weighted by Gasteiger charge is 1.97. The van der Waals surface area contributed by atoms with E-state index in [1.807, 2.05) is 6.07 Å². The van der Waals surface area contributed by atoms with Gasteiger partial charge in [-0.25, -0.2) is 4.68 Å². The largest absolute Gasteiger partial charge is 0.325 e. The molecule has 13 heavy (non-hydrogen) atoms. The maximum Gasteiger partial charge on any atom is 0.266 e. The van der Waals surface area contributed by atoms with Crippen LogP contribution in [0.3, 0.4) is 0 Å². The van der Waals surface area contributed by atoms with Crippen LogP contribution in [0.25, 0.3) is 0 Å². The van der Waals surface area contributed by atoms with Crippen LogP contribution in [0.5, 0.6) is 0 Å². The molecule has 0 spiro atoms. The smallest absolute Gasteiger partial charge is 0.266 e. The van der Waals surface area contributed by atoms with Gasteiger partial charge in [-0.3, -0.25) is 4.79 Å². The quantitative estimate of drug-likeness (QED) is 0.683. The molecule has 68 valence electrons. The van der Waals surface area contributed by atoms with Crippen LogP contribution in [0.1, 0.15) is 12.1 Å². The van der Waals surface area contributed by atoms with Crippen LogP contribution < -0.4 is 11.3 Å². The third-order valence-electron chi connectivity index (χ3n) is 1.57. The van der Waals surface area contributed by atoms with Crippen LogP contribution >= 0.6 is 0 Å². The van der Waals surface area contributed by atoms with Gasteiger partial charge < -0.3 is 5.73 Å². The molecule has 0 saturated carbocycles. The van der Waals surface area contributed by atoms with Gasteiger partial charge in [-0.2, -0.15) is 10.4 Å². The maximum absolute atomic E-state index is 11.1. The van der Waals surface area contributed by atoms with Gasteiger partial charge >= 0.3 is 0 Å². The predicted octanol–water partition coefficient (Wildman–Crippen LogP) is -0.384. The lowest BCUT2D eigenvalue weighted by atomic mass is 10.4. The summed E-state index contributed by atoms with van der Waals surface area (Å²) in [5.74, 6) is 0. The van der Waals surface area contributed by atoms with Crippen molar-refractivity contribution in [2.45, 2.75) is 19.5 Å². The number of aryl methyl sites for hydroxylation is 1. The molecule has 0 unspecified atom stereocenters. The van der Waals surface area contributed by atoms with Gasteiger partial charge in [-0.1, -0.05) is 0 Å². The summed E-state index contributed by atoms with van der Waals surface area (Å²) in [6, 6.07) is 4.95. The number of rotatable bonds is 3. The monoisotopic (exact) mass is 178 g/mol. The van der Waals surface area contributed by atoms with Gasteiger partial charge in [-0.05, 0) is 6.07 Å². The van der Waals surface area contributed by atoms with Gasteiger partial charge in [0.15, 0.2) is 0 Å². The van der Waals surface area contributed by atoms with E-state index in [-0.39, 0.29) is 12.0 Å². The first-order chi connectivity index (χ1) is 6.27. The molecular formula is C8H10N4O. The Balaban J connectivity index is 2.92. The van der Waals surface area contributed by atoms with E-state index in [2.05, 4.69) is 5.10 Å². The van der Waals surface area contributed by atoms with E-state index in [1.54, 1.807) is 6.07 Å². The van der Waals surface area contributed by atoms with Crippen molar-refractivity contribution in [2.24, 2.45) is 5.73 Å². The average molecular weight is 178 g/mol. The van der Waals surface area contributed by atoms with Crippen LogP contribution in [0.15, 0.2) is 16.9 Å². The highest BCUT2D eigenvalue weighted by Crippen LogP contribution is 1.88. The summed E-state index contributed by atoms with van der Waals surface area (Å²) in [6.45, 7) is 0.621. The van der Waals surface area contributed by atoms with Crippen molar-refractivity contribution in [1.29, 1.82) is 5.26 Å². The summed E-state index contributed by atoms with van der Waals surface area (Å²) >= 11 is 0. The molecule has 0 bridgehead atoms. The van der Waals surface area contributed by atoms with Gasteiger partial charge in [0.25, 0.3) is 5.56 Å². The van der Waals surface area contributed by atoms with Gasteiger partial charge in [0.05, 0.1) is 24.7 Å². The Bertz CT molecular complexity index is 376. The van der Waals surface area contributed by atoms with Crippen LogP contribution in [-0.2, 0) is 13.1 Å². The molecule has 0 aliphatic carbocycles. The molecular weight excluding hydrogens is 168 g/mol. The second kappa shape index (κ2) is 4.38. The third-order valence-corrected chi connectivity index (χ3v) is 1.57. The van der Waals surface area contributed by atoms with E-state index in [0.29, 0.717) is 18.8 Å². The van der Waals surface area contributed by atoms with Gasteiger partial charge in [0.1, 0.15) is 0 Å². The molecule has 0 saturated heterocycles. The molecule has 5 heteroatoms. The molecule has 1 rings (SSSR count). The van der Waals surface area contributed by atoms with Gasteiger partial charge in [0, 0.05) is 12.6 Å². The summed E-state index contributed by atoms with van der Waals surface area (Å²) in [7, 11) is 0. The van der Waals surface area contributed by atoms with E-state index in [4.69, 9.17) is 11.0 Å². The van der Waals surface area contributed by atoms with Crippen LogP contribution in [0.4, 0.5) is 0 Å². The Morgan fingerprint density at radius 1 is 1.62 bits per heavy atom. The molecule has 5 nitrogen and oxygen atoms in total. The molecule has 0 amide bonds. The zero-order chi connectivity index (χ0) is 9.68. The molecule has 0 aliphatic rings. The number of hydrogen-bond acceptors (Lipinski definition) is 4. The third kappa shape index (κ3) is 2.39. The fourth-order valence-corrected chi connectivity index (χ4v) is 0.916. The lowest BCUT2D eigenvalue weighted by molar-refractivity contribution is 0.574. The average Bonchev–Trinajstić information content (AvgIpc) is 2.17. The number of nitrogens with zero attached hydrogens (tertiary/aromatic N) is 3. The Morgan fingerprint density at radius 2 is 2.38 bits per heavy atom. The molecule has 0 aliphatic heterocycles. The Labute approximate surface area is 75.4 Å². The minimum atomic E-state index is -0.201. The molecule has 1 aromatic rings. The molecule has 1 aromatic heterocycles. The molecule has 0 fully saturated rings. The minimum absolute atomic E-state index is 0.201. The Hall–Kier alpha value is -1.67. The highest BCUT2D eigenvalue weighted by atomic mass is 16.1. The van der Waals surface area contributed by atoms with Crippen LogP contribution in [-0.4, -0.2) is 9.78 Å². The first-order valence-electron chi connectivity index (χ1n) is 3.92. The minimum Gasteiger partial charge on any atom is -0.325 e. The molecule has 2 N–H and O–H groups in total. The van der Waals surface area contributed by atoms with E-state index >= 15 is 0 Å². The van der Waals surface area contributed by atoms with Crippen molar-refractivity contribution in [3.8, 4) is 6.07 Å². The lowest BCUT2D eigenvalue weighted by Gasteiger charge is -2.02. The highest BCUT2D eigenvalue weighted by molar-refractivity contribution is 4.99. The summed E-state index contributed by atoms with van der Waals surface area (Å²) in [5.41, 5.74) is 5.80. The van der Waals surface area contributed by atoms with Crippen molar-refractivity contribution < 1.29 is 0 Å². The summed E-state index contributed by atoms with van der Waals surface area (Å²) in [5, 5.41) is 12.3. The predicted molar refractivity (Wildman–Crippen MR) is 46.6 cm³/mol. The first kappa shape index (κ1) is 9.42. The van der Waals surface area contributed by atoms with Gasteiger partial charge in [0.2, 0.25) is 0 Å². The second-order valence-electron chi connectivity index (χ2n) is 2.50. The normalized spacial score (nSPS) is 9.54. The summed E-state index contributed by atoms with van der Waals surface area (Å²) in [4.78, 5) is 11.1. The molecule has 0 aromatic carbocycles. The van der Waals surface area contributed by atoms with Crippen LogP contribution in [0.2, 0.25) is 0 Å². The first-order valence-corrected chi connectivity index (χ1v) is 3.92. The van der Waals surface area contributed by atoms with Gasteiger partial charge in [-0.15, -0.1) is 0 Å². The lowest BCUT2D eigenvalue weighted by Crippen LogP contribution is -2.23. The van der Waals surface area contributed by atoms with Crippen LogP contribution in [0, 0.1) is 11.3 Å².